The number of fused-ring (bicyclic) bond motifs is 4. The molecule has 434 valence electrons. The van der Waals surface area contributed by atoms with Crippen LogP contribution >= 0.6 is 0 Å². The standard InChI is InChI=1S/C65H81N9O4.C3H7N/c1-10-66-43-74(17-8,18-9)49-41-47(40-48(42-49)73(15-6)16-7)70-57-32-30-51(59-61(57)65(78)55-28-22-20-26-53(55)63(59)76)50-29-31-56(60-58(50)62(75)52-25-19-21-27-54(52)64(60)77)69-46-38-44(67-33-23-35-71(11-2)12-3)37-45(39-46)68-34-24-36-72(13-4)14-5;1-3-4-2/h19-22,25-32,37-42,66-68H,10-18,23-24,33-36,43H2,1-9H3,(H-,69,70,75,76,77,78);2-3H2,1H3/p+2. The minimum Gasteiger partial charge on any atom is -0.385 e. The highest BCUT2D eigenvalue weighted by Crippen LogP contribution is 2.45. The molecule has 0 amide bonds. The lowest BCUT2D eigenvalue weighted by Crippen LogP contribution is -3.06. The topological polar surface area (TPSA) is 152 Å². The minimum absolute atomic E-state index is 0.180. The molecule has 2 aliphatic rings. The number of hydrogen-bond acceptors (Lipinski definition) is 12. The molecule has 82 heavy (non-hydrogen) atoms. The lowest BCUT2D eigenvalue weighted by molar-refractivity contribution is -0.828. The van der Waals surface area contributed by atoms with E-state index in [1.807, 2.05) is 43.3 Å². The van der Waals surface area contributed by atoms with Crippen LogP contribution < -0.4 is 36.0 Å². The van der Waals surface area contributed by atoms with Crippen molar-refractivity contribution in [2.45, 2.75) is 82.1 Å². The first-order chi connectivity index (χ1) is 39.8. The number of carbonyl (C=O) groups is 4. The average molecular weight is 1110 g/mol. The minimum atomic E-state index is -0.335. The van der Waals surface area contributed by atoms with Gasteiger partial charge in [0.15, 0.2) is 23.1 Å². The van der Waals surface area contributed by atoms with Gasteiger partial charge in [-0.05, 0) is 141 Å². The van der Waals surface area contributed by atoms with Gasteiger partial charge in [-0.15, -0.1) is 0 Å². The fourth-order valence-corrected chi connectivity index (χ4v) is 11.5. The Morgan fingerprint density at radius 1 is 0.488 bits per heavy atom. The zero-order chi connectivity index (χ0) is 58.9. The monoisotopic (exact) mass is 1110 g/mol. The molecule has 6 aromatic carbocycles. The molecular weight excluding hydrogens is 1020 g/mol. The Balaban J connectivity index is 0.00000234. The molecule has 6 aromatic rings. The van der Waals surface area contributed by atoms with Gasteiger partial charge in [-0.3, -0.25) is 29.0 Å². The van der Waals surface area contributed by atoms with E-state index in [1.54, 1.807) is 48.5 Å². The molecule has 0 spiro atoms. The van der Waals surface area contributed by atoms with Crippen molar-refractivity contribution < 1.29 is 24.1 Å². The summed E-state index contributed by atoms with van der Waals surface area (Å²) in [6, 6.07) is 34.1. The Morgan fingerprint density at radius 2 is 0.890 bits per heavy atom. The normalized spacial score (nSPS) is 12.6. The second-order valence-corrected chi connectivity index (χ2v) is 21.1. The predicted octanol–water partition coefficient (Wildman–Crippen LogP) is 11.9. The number of carbonyl (C=O) groups excluding carboxylic acids is 4. The van der Waals surface area contributed by atoms with Crippen molar-refractivity contribution in [2.75, 3.05) is 120 Å². The van der Waals surface area contributed by atoms with E-state index in [-0.39, 0.29) is 56.5 Å². The molecule has 14 heteroatoms. The average Bonchev–Trinajstić information content (AvgIpc) is 3.65. The second-order valence-electron chi connectivity index (χ2n) is 21.1. The van der Waals surface area contributed by atoms with E-state index in [2.05, 4.69) is 135 Å². The van der Waals surface area contributed by atoms with Gasteiger partial charge in [-0.2, -0.15) is 0 Å². The summed E-state index contributed by atoms with van der Waals surface area (Å²) in [6.45, 7) is 38.4. The van der Waals surface area contributed by atoms with Crippen LogP contribution in [0.25, 0.3) is 11.1 Å². The van der Waals surface area contributed by atoms with Crippen molar-refractivity contribution in [1.29, 1.82) is 0 Å². The van der Waals surface area contributed by atoms with Crippen molar-refractivity contribution in [3.05, 3.63) is 154 Å². The van der Waals surface area contributed by atoms with Crippen LogP contribution in [-0.4, -0.2) is 138 Å². The Bertz CT molecular complexity index is 3170. The molecular formula is C68H90N10O4+2. The van der Waals surface area contributed by atoms with Crippen LogP contribution in [0.5, 0.6) is 0 Å². The van der Waals surface area contributed by atoms with Gasteiger partial charge in [-0.25, -0.2) is 0 Å². The van der Waals surface area contributed by atoms with Gasteiger partial charge in [0, 0.05) is 82.2 Å². The van der Waals surface area contributed by atoms with Crippen LogP contribution in [0.1, 0.15) is 146 Å². The molecule has 0 radical (unpaired) electrons. The Kier molecular flexibility index (Phi) is 22.5. The first-order valence-corrected chi connectivity index (χ1v) is 30.2. The molecule has 0 aliphatic heterocycles. The third-order valence-electron chi connectivity index (χ3n) is 16.5. The quantitative estimate of drug-likeness (QED) is 0.0115. The largest absolute Gasteiger partial charge is 0.385 e. The van der Waals surface area contributed by atoms with Crippen LogP contribution in [0.3, 0.4) is 0 Å². The Morgan fingerprint density at radius 3 is 1.27 bits per heavy atom. The molecule has 0 fully saturated rings. The van der Waals surface area contributed by atoms with Crippen LogP contribution in [0, 0.1) is 0 Å². The molecule has 0 atom stereocenters. The van der Waals surface area contributed by atoms with E-state index in [4.69, 9.17) is 0 Å². The molecule has 6 N–H and O–H groups in total. The van der Waals surface area contributed by atoms with Crippen molar-refractivity contribution >= 4 is 75.3 Å². The molecule has 0 saturated carbocycles. The third kappa shape index (κ3) is 13.8. The van der Waals surface area contributed by atoms with Gasteiger partial charge in [0.25, 0.3) is 0 Å². The summed E-state index contributed by atoms with van der Waals surface area (Å²) in [7, 11) is 0. The third-order valence-corrected chi connectivity index (χ3v) is 16.5. The number of anilines is 6. The number of ketones is 4. The van der Waals surface area contributed by atoms with Gasteiger partial charge in [-0.1, -0.05) is 95.3 Å². The van der Waals surface area contributed by atoms with Crippen LogP contribution in [-0.2, 0) is 0 Å². The van der Waals surface area contributed by atoms with Crippen LogP contribution in [0.2, 0.25) is 0 Å². The maximum absolute atomic E-state index is 15.3. The molecule has 8 rings (SSSR count). The van der Waals surface area contributed by atoms with Crippen molar-refractivity contribution in [2.24, 2.45) is 4.99 Å². The number of hydrogen-bond donors (Lipinski definition) is 6. The van der Waals surface area contributed by atoms with E-state index in [0.29, 0.717) is 38.1 Å². The van der Waals surface area contributed by atoms with E-state index >= 15 is 19.2 Å². The van der Waals surface area contributed by atoms with Crippen LogP contribution in [0.4, 0.5) is 45.5 Å². The summed E-state index contributed by atoms with van der Waals surface area (Å²) in [5.74, 6) is -1.27. The van der Waals surface area contributed by atoms with E-state index in [1.165, 1.54) is 4.90 Å². The number of rotatable bonds is 29. The van der Waals surface area contributed by atoms with E-state index in [0.717, 1.165) is 145 Å². The van der Waals surface area contributed by atoms with Gasteiger partial charge < -0.3 is 41.0 Å². The highest BCUT2D eigenvalue weighted by atomic mass is 16.1. The second kappa shape index (κ2) is 29.6. The maximum Gasteiger partial charge on any atom is 0.196 e. The summed E-state index contributed by atoms with van der Waals surface area (Å²) < 4.78 is 0.708. The van der Waals surface area contributed by atoms with Crippen LogP contribution in [0.15, 0.2) is 114 Å². The van der Waals surface area contributed by atoms with Gasteiger partial charge >= 0.3 is 0 Å². The molecule has 14 nitrogen and oxygen atoms in total. The van der Waals surface area contributed by atoms with Crippen molar-refractivity contribution in [3.63, 3.8) is 0 Å². The number of benzene rings is 6. The number of aliphatic imine (C=N–C) groups is 1. The lowest BCUT2D eigenvalue weighted by Gasteiger charge is -2.37. The molecule has 0 unspecified atom stereocenters. The van der Waals surface area contributed by atoms with E-state index in [9.17, 15) is 0 Å². The molecule has 0 aromatic heterocycles. The van der Waals surface area contributed by atoms with Crippen molar-refractivity contribution in [3.8, 4) is 11.1 Å². The maximum atomic E-state index is 15.3. The SMILES string of the molecule is C=NCC.CCNC[N+](CC)(CC)c1cc(Nc2ccc(-c3ccc(Nc4cc(NCCCN(CC)CC)cc(NCCCN(CC)CC)c4)c4c3C(=O)c3ccccc3C4=O)c3c2C(=O)c2ccccc2C3=O)cc([NH+](CC)CC)c1. The summed E-state index contributed by atoms with van der Waals surface area (Å²) in [5.41, 5.74) is 9.42. The summed E-state index contributed by atoms with van der Waals surface area (Å²) in [4.78, 5) is 70.4. The number of nitrogens with one attached hydrogen (secondary N) is 6. The first-order valence-electron chi connectivity index (χ1n) is 30.2. The van der Waals surface area contributed by atoms with Gasteiger partial charge in [0.05, 0.1) is 60.4 Å². The highest BCUT2D eigenvalue weighted by molar-refractivity contribution is 6.35. The number of quaternary nitrogens is 2. The van der Waals surface area contributed by atoms with Gasteiger partial charge in [0.2, 0.25) is 0 Å². The highest BCUT2D eigenvalue weighted by Gasteiger charge is 2.39. The molecule has 2 aliphatic carbocycles. The lowest BCUT2D eigenvalue weighted by atomic mass is 9.75. The predicted molar refractivity (Wildman–Crippen MR) is 343 cm³/mol. The fourth-order valence-electron chi connectivity index (χ4n) is 11.5. The zero-order valence-corrected chi connectivity index (χ0v) is 50.5. The fraction of sp³-hybridized carbons (Fsp3) is 0.397. The first kappa shape index (κ1) is 62.3. The van der Waals surface area contributed by atoms with Gasteiger partial charge in [0.1, 0.15) is 18.0 Å². The molecule has 0 heterocycles. The molecule has 0 bridgehead atoms. The summed E-state index contributed by atoms with van der Waals surface area (Å²) in [5, 5.41) is 18.2. The van der Waals surface area contributed by atoms with Crippen molar-refractivity contribution in [1.82, 2.24) is 19.6 Å². The Labute approximate surface area is 488 Å². The summed E-state index contributed by atoms with van der Waals surface area (Å²) >= 11 is 0. The van der Waals surface area contributed by atoms with E-state index < -0.39 is 0 Å². The summed E-state index contributed by atoms with van der Waals surface area (Å²) in [6.07, 6.45) is 1.94. The number of nitrogens with zero attached hydrogens (tertiary/aromatic N) is 4. The zero-order valence-electron chi connectivity index (χ0n) is 50.5. The molecule has 0 saturated heterocycles. The smallest absolute Gasteiger partial charge is 0.196 e. The Hall–Kier alpha value is -7.33.